The van der Waals surface area contributed by atoms with Crippen LogP contribution < -0.4 is 0 Å². The SMILES string of the molecule is CCCCN1C(=O)C(O)=C(C(=O)C(C)C)C1c1ccc(Cl)cc1. The minimum absolute atomic E-state index is 0.198. The van der Waals surface area contributed by atoms with Crippen molar-refractivity contribution in [1.29, 1.82) is 0 Å². The van der Waals surface area contributed by atoms with Gasteiger partial charge in [0.25, 0.3) is 5.91 Å². The van der Waals surface area contributed by atoms with Gasteiger partial charge in [0.2, 0.25) is 0 Å². The Balaban J connectivity index is 2.49. The average molecular weight is 336 g/mol. The van der Waals surface area contributed by atoms with Crippen molar-refractivity contribution >= 4 is 23.3 Å². The number of benzene rings is 1. The van der Waals surface area contributed by atoms with Crippen LogP contribution in [0.1, 0.15) is 45.2 Å². The fourth-order valence-corrected chi connectivity index (χ4v) is 2.89. The normalized spacial score (nSPS) is 18.2. The highest BCUT2D eigenvalue weighted by molar-refractivity contribution is 6.30. The Labute approximate surface area is 141 Å². The maximum atomic E-state index is 12.5. The van der Waals surface area contributed by atoms with Gasteiger partial charge in [0.05, 0.1) is 11.6 Å². The Kier molecular flexibility index (Phi) is 5.47. The number of nitrogens with zero attached hydrogens (tertiary/aromatic N) is 1. The van der Waals surface area contributed by atoms with Crippen molar-refractivity contribution in [3.63, 3.8) is 0 Å². The molecule has 0 saturated carbocycles. The predicted molar refractivity (Wildman–Crippen MR) is 90.3 cm³/mol. The molecule has 124 valence electrons. The average Bonchev–Trinajstić information content (AvgIpc) is 2.77. The van der Waals surface area contributed by atoms with Gasteiger partial charge >= 0.3 is 0 Å². The zero-order valence-electron chi connectivity index (χ0n) is 13.7. The monoisotopic (exact) mass is 335 g/mol. The van der Waals surface area contributed by atoms with Gasteiger partial charge in [-0.15, -0.1) is 0 Å². The lowest BCUT2D eigenvalue weighted by Gasteiger charge is -2.27. The van der Waals surface area contributed by atoms with E-state index in [0.29, 0.717) is 11.6 Å². The molecule has 0 saturated heterocycles. The number of hydrogen-bond acceptors (Lipinski definition) is 3. The Bertz CT molecular complexity index is 634. The fourth-order valence-electron chi connectivity index (χ4n) is 2.77. The number of amides is 1. The smallest absolute Gasteiger partial charge is 0.290 e. The number of aliphatic hydroxyl groups excluding tert-OH is 1. The molecular formula is C18H22ClNO3. The molecule has 0 aliphatic carbocycles. The number of halogens is 1. The van der Waals surface area contributed by atoms with E-state index in [1.54, 1.807) is 43.0 Å². The Morgan fingerprint density at radius 1 is 1.30 bits per heavy atom. The lowest BCUT2D eigenvalue weighted by Crippen LogP contribution is -2.32. The van der Waals surface area contributed by atoms with Crippen molar-refractivity contribution < 1.29 is 14.7 Å². The van der Waals surface area contributed by atoms with Crippen LogP contribution in [0.5, 0.6) is 0 Å². The number of hydrogen-bond donors (Lipinski definition) is 1. The lowest BCUT2D eigenvalue weighted by molar-refractivity contribution is -0.129. The Morgan fingerprint density at radius 3 is 2.43 bits per heavy atom. The van der Waals surface area contributed by atoms with Crippen LogP contribution >= 0.6 is 11.6 Å². The molecule has 1 heterocycles. The van der Waals surface area contributed by atoms with E-state index in [4.69, 9.17) is 11.6 Å². The summed E-state index contributed by atoms with van der Waals surface area (Å²) in [5.74, 6) is -1.38. The third kappa shape index (κ3) is 3.42. The van der Waals surface area contributed by atoms with Gasteiger partial charge in [-0.2, -0.15) is 0 Å². The second kappa shape index (κ2) is 7.18. The van der Waals surface area contributed by atoms with Gasteiger partial charge in [0.15, 0.2) is 11.5 Å². The van der Waals surface area contributed by atoms with Crippen LogP contribution in [0.3, 0.4) is 0 Å². The molecule has 5 heteroatoms. The van der Waals surface area contributed by atoms with E-state index in [2.05, 4.69) is 0 Å². The summed E-state index contributed by atoms with van der Waals surface area (Å²) in [6.45, 7) is 6.06. The third-order valence-corrected chi connectivity index (χ3v) is 4.28. The Morgan fingerprint density at radius 2 is 1.91 bits per heavy atom. The van der Waals surface area contributed by atoms with Crippen LogP contribution in [0.25, 0.3) is 0 Å². The van der Waals surface area contributed by atoms with Gasteiger partial charge in [0, 0.05) is 17.5 Å². The molecule has 23 heavy (non-hydrogen) atoms. The molecule has 0 bridgehead atoms. The second-order valence-corrected chi connectivity index (χ2v) is 6.52. The molecule has 1 unspecified atom stereocenters. The van der Waals surface area contributed by atoms with Crippen molar-refractivity contribution in [1.82, 2.24) is 4.90 Å². The second-order valence-electron chi connectivity index (χ2n) is 6.09. The van der Waals surface area contributed by atoms with Gasteiger partial charge in [-0.25, -0.2) is 0 Å². The van der Waals surface area contributed by atoms with E-state index in [0.717, 1.165) is 18.4 Å². The minimum Gasteiger partial charge on any atom is -0.503 e. The highest BCUT2D eigenvalue weighted by Crippen LogP contribution is 2.39. The first-order valence-corrected chi connectivity index (χ1v) is 8.30. The predicted octanol–water partition coefficient (Wildman–Crippen LogP) is 4.06. The van der Waals surface area contributed by atoms with Gasteiger partial charge in [-0.05, 0) is 24.1 Å². The molecule has 2 rings (SSSR count). The zero-order chi connectivity index (χ0) is 17.1. The van der Waals surface area contributed by atoms with Gasteiger partial charge < -0.3 is 10.0 Å². The van der Waals surface area contributed by atoms with Crippen molar-refractivity contribution in [2.75, 3.05) is 6.54 Å². The van der Waals surface area contributed by atoms with Crippen molar-refractivity contribution in [3.8, 4) is 0 Å². The molecule has 4 nitrogen and oxygen atoms in total. The van der Waals surface area contributed by atoms with Crippen molar-refractivity contribution in [3.05, 3.63) is 46.2 Å². The summed E-state index contributed by atoms with van der Waals surface area (Å²) in [6.07, 6.45) is 1.73. The van der Waals surface area contributed by atoms with E-state index in [1.165, 1.54) is 0 Å². The van der Waals surface area contributed by atoms with Crippen molar-refractivity contribution in [2.45, 2.75) is 39.7 Å². The first kappa shape index (κ1) is 17.5. The zero-order valence-corrected chi connectivity index (χ0v) is 14.4. The Hall–Kier alpha value is -1.81. The number of Topliss-reactive ketones (excluding diaryl/α,β-unsaturated/α-hetero) is 1. The molecule has 1 aromatic rings. The number of ketones is 1. The topological polar surface area (TPSA) is 57.6 Å². The van der Waals surface area contributed by atoms with E-state index in [1.807, 2.05) is 6.92 Å². The largest absolute Gasteiger partial charge is 0.503 e. The summed E-state index contributed by atoms with van der Waals surface area (Å²) in [4.78, 5) is 26.6. The van der Waals surface area contributed by atoms with Gasteiger partial charge in [-0.3, -0.25) is 9.59 Å². The van der Waals surface area contributed by atoms with Crippen LogP contribution in [-0.4, -0.2) is 28.2 Å². The number of carbonyl (C=O) groups is 2. The molecule has 1 atom stereocenters. The first-order valence-electron chi connectivity index (χ1n) is 7.92. The molecule has 0 radical (unpaired) electrons. The summed E-state index contributed by atoms with van der Waals surface area (Å²) >= 11 is 5.94. The van der Waals surface area contributed by atoms with E-state index in [9.17, 15) is 14.7 Å². The number of unbranched alkanes of at least 4 members (excludes halogenated alkanes) is 1. The third-order valence-electron chi connectivity index (χ3n) is 4.03. The maximum absolute atomic E-state index is 12.5. The number of aliphatic hydroxyl groups is 1. The summed E-state index contributed by atoms with van der Waals surface area (Å²) in [7, 11) is 0. The minimum atomic E-state index is -0.541. The van der Waals surface area contributed by atoms with Crippen LogP contribution in [0.2, 0.25) is 5.02 Å². The molecular weight excluding hydrogens is 314 g/mol. The molecule has 0 spiro atoms. The fraction of sp³-hybridized carbons (Fsp3) is 0.444. The van der Waals surface area contributed by atoms with Crippen LogP contribution in [-0.2, 0) is 9.59 Å². The molecule has 1 amide bonds. The lowest BCUT2D eigenvalue weighted by atomic mass is 9.91. The quantitative estimate of drug-likeness (QED) is 0.852. The van der Waals surface area contributed by atoms with Gasteiger partial charge in [0.1, 0.15) is 0 Å². The van der Waals surface area contributed by atoms with Crippen LogP contribution in [0.4, 0.5) is 0 Å². The molecule has 0 fully saturated rings. The highest BCUT2D eigenvalue weighted by Gasteiger charge is 2.43. The van der Waals surface area contributed by atoms with Gasteiger partial charge in [-0.1, -0.05) is 50.9 Å². The van der Waals surface area contributed by atoms with E-state index >= 15 is 0 Å². The van der Waals surface area contributed by atoms with Crippen LogP contribution in [0, 0.1) is 5.92 Å². The van der Waals surface area contributed by atoms with Crippen molar-refractivity contribution in [2.24, 2.45) is 5.92 Å². The molecule has 1 aliphatic rings. The van der Waals surface area contributed by atoms with Crippen LogP contribution in [0.15, 0.2) is 35.6 Å². The first-order chi connectivity index (χ1) is 10.9. The molecule has 1 aromatic carbocycles. The molecule has 1 N–H and O–H groups in total. The number of carbonyl (C=O) groups excluding carboxylic acids is 2. The highest BCUT2D eigenvalue weighted by atomic mass is 35.5. The molecule has 1 aliphatic heterocycles. The summed E-state index contributed by atoms with van der Waals surface area (Å²) < 4.78 is 0. The summed E-state index contributed by atoms with van der Waals surface area (Å²) in [6, 6.07) is 6.51. The summed E-state index contributed by atoms with van der Waals surface area (Å²) in [5, 5.41) is 10.9. The molecule has 0 aromatic heterocycles. The summed E-state index contributed by atoms with van der Waals surface area (Å²) in [5.41, 5.74) is 0.982. The maximum Gasteiger partial charge on any atom is 0.290 e. The van der Waals surface area contributed by atoms with E-state index < -0.39 is 17.7 Å². The van der Waals surface area contributed by atoms with E-state index in [-0.39, 0.29) is 17.3 Å². The standard InChI is InChI=1S/C18H22ClNO3/c1-4-5-10-20-15(12-6-8-13(19)9-7-12)14(16(21)11(2)3)17(22)18(20)23/h6-9,11,15,22H,4-5,10H2,1-3H3. The number of rotatable bonds is 6.